The van der Waals surface area contributed by atoms with Gasteiger partial charge in [-0.05, 0) is 35.0 Å². The summed E-state index contributed by atoms with van der Waals surface area (Å²) in [5, 5.41) is 0.883. The molecule has 0 spiro atoms. The maximum atomic E-state index is 10.6. The normalized spacial score (nSPS) is 9.83. The Hall–Kier alpha value is -0.350. The quantitative estimate of drug-likeness (QED) is 0.767. The predicted molar refractivity (Wildman–Crippen MR) is 53.3 cm³/mol. The zero-order chi connectivity index (χ0) is 8.97. The first kappa shape index (κ1) is 9.74. The van der Waals surface area contributed by atoms with E-state index in [1.807, 2.05) is 12.1 Å². The van der Waals surface area contributed by atoms with E-state index < -0.39 is 0 Å². The zero-order valence-corrected chi connectivity index (χ0v) is 8.98. The van der Waals surface area contributed by atoms with E-state index in [1.165, 1.54) is 11.8 Å². The Morgan fingerprint density at radius 1 is 1.67 bits per heavy atom. The van der Waals surface area contributed by atoms with Gasteiger partial charge in [0.15, 0.2) is 0 Å². The molecule has 0 saturated carbocycles. The number of carbonyl (C=O) groups is 1. The van der Waals surface area contributed by atoms with Crippen LogP contribution < -0.4 is 0 Å². The summed E-state index contributed by atoms with van der Waals surface area (Å²) >= 11 is 4.74. The number of carbonyl (C=O) groups excluding carboxylic acids is 1. The Morgan fingerprint density at radius 2 is 2.42 bits per heavy atom. The molecule has 0 radical (unpaired) electrons. The van der Waals surface area contributed by atoms with Crippen LogP contribution in [0.15, 0.2) is 27.8 Å². The van der Waals surface area contributed by atoms with Crippen molar-refractivity contribution in [3.63, 3.8) is 0 Å². The number of nitrogens with zero attached hydrogens (tertiary/aromatic N) is 1. The number of rotatable bonds is 3. The van der Waals surface area contributed by atoms with Crippen LogP contribution in [0.5, 0.6) is 0 Å². The third-order valence-corrected chi connectivity index (χ3v) is 2.68. The van der Waals surface area contributed by atoms with Gasteiger partial charge in [0.2, 0.25) is 0 Å². The van der Waals surface area contributed by atoms with E-state index in [9.17, 15) is 4.79 Å². The summed E-state index contributed by atoms with van der Waals surface area (Å²) in [7, 11) is 0. The molecule has 1 rings (SSSR count). The first-order chi connectivity index (χ1) is 5.68. The Labute approximate surface area is 83.9 Å². The van der Waals surface area contributed by atoms with Gasteiger partial charge in [-0.15, -0.1) is 0 Å². The van der Waals surface area contributed by atoms with E-state index in [4.69, 9.17) is 0 Å². The van der Waals surface area contributed by atoms with Gasteiger partial charge in [-0.2, -0.15) is 0 Å². The monoisotopic (exact) mass is 245 g/mol. The van der Waals surface area contributed by atoms with E-state index in [1.54, 1.807) is 13.1 Å². The molecule has 1 aromatic rings. The summed E-state index contributed by atoms with van der Waals surface area (Å²) in [4.78, 5) is 14.7. The van der Waals surface area contributed by atoms with Crippen LogP contribution in [-0.4, -0.2) is 16.5 Å². The van der Waals surface area contributed by atoms with Crippen molar-refractivity contribution >= 4 is 33.5 Å². The molecule has 2 nitrogen and oxygen atoms in total. The highest BCUT2D eigenvalue weighted by molar-refractivity contribution is 9.10. The summed E-state index contributed by atoms with van der Waals surface area (Å²) in [5.74, 6) is 0.666. The molecular weight excluding hydrogens is 238 g/mol. The molecule has 0 aliphatic rings. The van der Waals surface area contributed by atoms with Gasteiger partial charge in [0.25, 0.3) is 0 Å². The Balaban J connectivity index is 2.53. The standard InChI is InChI=1S/C8H8BrNOS/c1-6(11)5-12-8-3-2-7(9)4-10-8/h2-4H,5H2,1H3. The van der Waals surface area contributed by atoms with Crippen LogP contribution in [0.25, 0.3) is 0 Å². The lowest BCUT2D eigenvalue weighted by Crippen LogP contribution is -1.93. The Kier molecular flexibility index (Phi) is 3.75. The van der Waals surface area contributed by atoms with Crippen LogP contribution >= 0.6 is 27.7 Å². The molecule has 0 aromatic carbocycles. The maximum Gasteiger partial charge on any atom is 0.140 e. The molecule has 0 saturated heterocycles. The number of hydrogen-bond acceptors (Lipinski definition) is 3. The third-order valence-electron chi connectivity index (χ3n) is 1.12. The fraction of sp³-hybridized carbons (Fsp3) is 0.250. The second-order valence-electron chi connectivity index (χ2n) is 2.31. The molecule has 64 valence electrons. The lowest BCUT2D eigenvalue weighted by atomic mass is 10.5. The molecule has 0 atom stereocenters. The maximum absolute atomic E-state index is 10.6. The van der Waals surface area contributed by atoms with Crippen molar-refractivity contribution in [1.29, 1.82) is 0 Å². The minimum atomic E-state index is 0.171. The number of pyridine rings is 1. The predicted octanol–water partition coefficient (Wildman–Crippen LogP) is 2.53. The second kappa shape index (κ2) is 4.62. The Morgan fingerprint density at radius 3 is 2.92 bits per heavy atom. The summed E-state index contributed by atoms with van der Waals surface area (Å²) in [6.07, 6.45) is 1.72. The minimum absolute atomic E-state index is 0.171. The highest BCUT2D eigenvalue weighted by Gasteiger charge is 1.97. The van der Waals surface area contributed by atoms with Crippen LogP contribution in [0.2, 0.25) is 0 Å². The van der Waals surface area contributed by atoms with Crippen LogP contribution in [0.4, 0.5) is 0 Å². The summed E-state index contributed by atoms with van der Waals surface area (Å²) < 4.78 is 0.953. The number of thioether (sulfide) groups is 1. The topological polar surface area (TPSA) is 30.0 Å². The third kappa shape index (κ3) is 3.36. The van der Waals surface area contributed by atoms with Gasteiger partial charge in [0.1, 0.15) is 5.78 Å². The van der Waals surface area contributed by atoms with Crippen molar-refractivity contribution in [1.82, 2.24) is 4.98 Å². The van der Waals surface area contributed by atoms with Crippen molar-refractivity contribution in [2.45, 2.75) is 11.9 Å². The van der Waals surface area contributed by atoms with Crippen molar-refractivity contribution < 1.29 is 4.79 Å². The van der Waals surface area contributed by atoms with Gasteiger partial charge in [0, 0.05) is 10.7 Å². The molecule has 0 bridgehead atoms. The molecule has 0 aliphatic heterocycles. The first-order valence-electron chi connectivity index (χ1n) is 3.42. The molecule has 1 heterocycles. The molecule has 4 heteroatoms. The van der Waals surface area contributed by atoms with E-state index in [0.717, 1.165) is 9.50 Å². The average Bonchev–Trinajstić information content (AvgIpc) is 2.03. The number of halogens is 1. The molecule has 0 amide bonds. The Bertz CT molecular complexity index is 273. The molecule has 0 unspecified atom stereocenters. The number of ketones is 1. The highest BCUT2D eigenvalue weighted by Crippen LogP contribution is 2.16. The molecule has 1 aromatic heterocycles. The van der Waals surface area contributed by atoms with Crippen LogP contribution in [0.1, 0.15) is 6.92 Å². The molecule has 0 fully saturated rings. The van der Waals surface area contributed by atoms with Gasteiger partial charge >= 0.3 is 0 Å². The van der Waals surface area contributed by atoms with Crippen molar-refractivity contribution in [3.8, 4) is 0 Å². The van der Waals surface area contributed by atoms with Gasteiger partial charge in [-0.3, -0.25) is 4.79 Å². The van der Waals surface area contributed by atoms with Crippen molar-refractivity contribution in [2.75, 3.05) is 5.75 Å². The van der Waals surface area contributed by atoms with Gasteiger partial charge in [-0.25, -0.2) is 4.98 Å². The summed E-state index contributed by atoms with van der Waals surface area (Å²) in [6, 6.07) is 3.80. The van der Waals surface area contributed by atoms with Gasteiger partial charge in [-0.1, -0.05) is 11.8 Å². The molecule has 12 heavy (non-hydrogen) atoms. The van der Waals surface area contributed by atoms with E-state index in [-0.39, 0.29) is 5.78 Å². The van der Waals surface area contributed by atoms with Gasteiger partial charge < -0.3 is 0 Å². The number of hydrogen-bond donors (Lipinski definition) is 0. The second-order valence-corrected chi connectivity index (χ2v) is 4.22. The lowest BCUT2D eigenvalue weighted by molar-refractivity contribution is -0.114. The SMILES string of the molecule is CC(=O)CSc1ccc(Br)cn1. The fourth-order valence-corrected chi connectivity index (χ4v) is 1.50. The summed E-state index contributed by atoms with van der Waals surface area (Å²) in [6.45, 7) is 1.58. The lowest BCUT2D eigenvalue weighted by Gasteiger charge is -1.96. The zero-order valence-electron chi connectivity index (χ0n) is 6.58. The number of Topliss-reactive ketones (excluding diaryl/α,β-unsaturated/α-hetero) is 1. The smallest absolute Gasteiger partial charge is 0.140 e. The van der Waals surface area contributed by atoms with Crippen LogP contribution in [0, 0.1) is 0 Å². The van der Waals surface area contributed by atoms with E-state index in [2.05, 4.69) is 20.9 Å². The molecule has 0 aliphatic carbocycles. The van der Waals surface area contributed by atoms with Gasteiger partial charge in [0.05, 0.1) is 10.8 Å². The van der Waals surface area contributed by atoms with Crippen LogP contribution in [0.3, 0.4) is 0 Å². The highest BCUT2D eigenvalue weighted by atomic mass is 79.9. The van der Waals surface area contributed by atoms with Crippen LogP contribution in [-0.2, 0) is 4.79 Å². The van der Waals surface area contributed by atoms with Crippen molar-refractivity contribution in [2.24, 2.45) is 0 Å². The number of aromatic nitrogens is 1. The first-order valence-corrected chi connectivity index (χ1v) is 5.20. The average molecular weight is 246 g/mol. The van der Waals surface area contributed by atoms with E-state index >= 15 is 0 Å². The fourth-order valence-electron chi connectivity index (χ4n) is 0.623. The molecular formula is C8H8BrNOS. The van der Waals surface area contributed by atoms with Crippen molar-refractivity contribution in [3.05, 3.63) is 22.8 Å². The minimum Gasteiger partial charge on any atom is -0.299 e. The largest absolute Gasteiger partial charge is 0.299 e. The molecule has 0 N–H and O–H groups in total. The summed E-state index contributed by atoms with van der Waals surface area (Å²) in [5.41, 5.74) is 0. The van der Waals surface area contributed by atoms with E-state index in [0.29, 0.717) is 5.75 Å².